The Morgan fingerprint density at radius 3 is 2.56 bits per heavy atom. The minimum absolute atomic E-state index is 0.253. The van der Waals surface area contributed by atoms with Crippen molar-refractivity contribution in [2.24, 2.45) is 5.41 Å². The maximum absolute atomic E-state index is 9.11. The molecule has 1 heterocycles. The predicted molar refractivity (Wildman–Crippen MR) is 74.8 cm³/mol. The molecule has 108 valence electrons. The number of hydrogen-bond acceptors (Lipinski definition) is 4. The van der Waals surface area contributed by atoms with Crippen molar-refractivity contribution < 1.29 is 9.84 Å². The zero-order valence-electron chi connectivity index (χ0n) is 12.1. The van der Waals surface area contributed by atoms with Crippen LogP contribution in [0.1, 0.15) is 33.1 Å². The smallest absolute Gasteiger partial charge is 0.0558 e. The predicted octanol–water partition coefficient (Wildman–Crippen LogP) is 1.10. The molecule has 0 amide bonds. The summed E-state index contributed by atoms with van der Waals surface area (Å²) >= 11 is 0. The third-order valence-electron chi connectivity index (χ3n) is 3.90. The average molecular weight is 258 g/mol. The van der Waals surface area contributed by atoms with Gasteiger partial charge in [-0.15, -0.1) is 0 Å². The van der Waals surface area contributed by atoms with E-state index in [9.17, 15) is 0 Å². The summed E-state index contributed by atoms with van der Waals surface area (Å²) in [5.41, 5.74) is 0.332. The van der Waals surface area contributed by atoms with Crippen LogP contribution in [-0.4, -0.2) is 62.6 Å². The number of likely N-dealkylation sites (N-methyl/N-ethyl adjacent to an activating group) is 1. The van der Waals surface area contributed by atoms with Crippen LogP contribution in [0.4, 0.5) is 0 Å². The molecule has 1 saturated heterocycles. The summed E-state index contributed by atoms with van der Waals surface area (Å²) in [4.78, 5) is 2.36. The molecular formula is C14H30N2O2. The molecule has 4 nitrogen and oxygen atoms in total. The summed E-state index contributed by atoms with van der Waals surface area (Å²) in [7, 11) is 0. The summed E-state index contributed by atoms with van der Waals surface area (Å²) in [6, 6.07) is 0. The Hall–Kier alpha value is -0.160. The SMILES string of the molecule is CCCNCC1(CN(CC)CCO)CCOCC1. The van der Waals surface area contributed by atoms with E-state index in [2.05, 4.69) is 24.1 Å². The van der Waals surface area contributed by atoms with Gasteiger partial charge in [0, 0.05) is 32.8 Å². The Balaban J connectivity index is 2.52. The van der Waals surface area contributed by atoms with Crippen molar-refractivity contribution in [3.8, 4) is 0 Å². The van der Waals surface area contributed by atoms with Gasteiger partial charge in [0.2, 0.25) is 0 Å². The lowest BCUT2D eigenvalue weighted by Crippen LogP contribution is -2.48. The van der Waals surface area contributed by atoms with Gasteiger partial charge in [-0.3, -0.25) is 0 Å². The van der Waals surface area contributed by atoms with Gasteiger partial charge in [0.25, 0.3) is 0 Å². The third-order valence-corrected chi connectivity index (χ3v) is 3.90. The summed E-state index contributed by atoms with van der Waals surface area (Å²) < 4.78 is 5.51. The quantitative estimate of drug-likeness (QED) is 0.608. The van der Waals surface area contributed by atoms with Crippen LogP contribution < -0.4 is 5.32 Å². The summed E-state index contributed by atoms with van der Waals surface area (Å²) in [6.07, 6.45) is 3.44. The second-order valence-electron chi connectivity index (χ2n) is 5.38. The van der Waals surface area contributed by atoms with Gasteiger partial charge in [-0.05, 0) is 37.8 Å². The van der Waals surface area contributed by atoms with Gasteiger partial charge in [0.1, 0.15) is 0 Å². The van der Waals surface area contributed by atoms with Crippen molar-refractivity contribution in [2.75, 3.05) is 52.5 Å². The lowest BCUT2D eigenvalue weighted by Gasteiger charge is -2.41. The molecule has 0 bridgehead atoms. The van der Waals surface area contributed by atoms with Crippen molar-refractivity contribution in [3.63, 3.8) is 0 Å². The van der Waals surface area contributed by atoms with Crippen LogP contribution in [0.25, 0.3) is 0 Å². The second kappa shape index (κ2) is 8.86. The van der Waals surface area contributed by atoms with E-state index in [1.807, 2.05) is 0 Å². The van der Waals surface area contributed by atoms with Crippen LogP contribution in [0.5, 0.6) is 0 Å². The molecule has 0 unspecified atom stereocenters. The minimum atomic E-state index is 0.253. The van der Waals surface area contributed by atoms with Gasteiger partial charge in [-0.2, -0.15) is 0 Å². The molecule has 0 aliphatic carbocycles. The summed E-state index contributed by atoms with van der Waals surface area (Å²) in [6.45, 7) is 11.4. The van der Waals surface area contributed by atoms with Gasteiger partial charge in [0.15, 0.2) is 0 Å². The van der Waals surface area contributed by atoms with Crippen LogP contribution in [0.2, 0.25) is 0 Å². The number of hydrogen-bond donors (Lipinski definition) is 2. The fourth-order valence-electron chi connectivity index (χ4n) is 2.69. The number of nitrogens with zero attached hydrogens (tertiary/aromatic N) is 1. The van der Waals surface area contributed by atoms with Crippen LogP contribution in [0, 0.1) is 5.41 Å². The van der Waals surface area contributed by atoms with Crippen LogP contribution in [0.3, 0.4) is 0 Å². The fourth-order valence-corrected chi connectivity index (χ4v) is 2.69. The summed E-state index contributed by atoms with van der Waals surface area (Å²) in [5, 5.41) is 12.7. The lowest BCUT2D eigenvalue weighted by atomic mass is 9.79. The Bertz CT molecular complexity index is 206. The first-order valence-corrected chi connectivity index (χ1v) is 7.38. The molecule has 0 aromatic rings. The van der Waals surface area contributed by atoms with E-state index in [4.69, 9.17) is 9.84 Å². The van der Waals surface area contributed by atoms with Gasteiger partial charge in [0.05, 0.1) is 6.61 Å². The van der Waals surface area contributed by atoms with Gasteiger partial charge in [-0.1, -0.05) is 13.8 Å². The Labute approximate surface area is 112 Å². The molecule has 0 aromatic carbocycles. The molecule has 1 rings (SSSR count). The lowest BCUT2D eigenvalue weighted by molar-refractivity contribution is -0.00554. The highest BCUT2D eigenvalue weighted by Gasteiger charge is 2.33. The third kappa shape index (κ3) is 5.22. The maximum Gasteiger partial charge on any atom is 0.0558 e. The second-order valence-corrected chi connectivity index (χ2v) is 5.38. The van der Waals surface area contributed by atoms with E-state index >= 15 is 0 Å². The molecule has 18 heavy (non-hydrogen) atoms. The first kappa shape index (κ1) is 15.9. The van der Waals surface area contributed by atoms with Gasteiger partial charge < -0.3 is 20.1 Å². The van der Waals surface area contributed by atoms with E-state index in [1.54, 1.807) is 0 Å². The highest BCUT2D eigenvalue weighted by molar-refractivity contribution is 4.87. The van der Waals surface area contributed by atoms with Crippen molar-refractivity contribution in [1.29, 1.82) is 0 Å². The van der Waals surface area contributed by atoms with E-state index in [0.717, 1.165) is 58.8 Å². The van der Waals surface area contributed by atoms with Gasteiger partial charge in [-0.25, -0.2) is 0 Å². The standard InChI is InChI=1S/C14H30N2O2/c1-3-7-15-12-14(5-10-18-11-6-14)13-16(4-2)8-9-17/h15,17H,3-13H2,1-2H3. The van der Waals surface area contributed by atoms with Crippen molar-refractivity contribution >= 4 is 0 Å². The van der Waals surface area contributed by atoms with E-state index < -0.39 is 0 Å². The zero-order valence-corrected chi connectivity index (χ0v) is 12.1. The van der Waals surface area contributed by atoms with Crippen LogP contribution in [-0.2, 0) is 4.74 Å². The molecule has 0 atom stereocenters. The molecule has 2 N–H and O–H groups in total. The number of nitrogens with one attached hydrogen (secondary N) is 1. The molecule has 4 heteroatoms. The van der Waals surface area contributed by atoms with Crippen LogP contribution >= 0.6 is 0 Å². The van der Waals surface area contributed by atoms with E-state index in [-0.39, 0.29) is 6.61 Å². The number of aliphatic hydroxyl groups is 1. The maximum atomic E-state index is 9.11. The summed E-state index contributed by atoms with van der Waals surface area (Å²) in [5.74, 6) is 0. The highest BCUT2D eigenvalue weighted by atomic mass is 16.5. The topological polar surface area (TPSA) is 44.7 Å². The van der Waals surface area contributed by atoms with E-state index in [1.165, 1.54) is 6.42 Å². The first-order valence-electron chi connectivity index (χ1n) is 7.38. The van der Waals surface area contributed by atoms with E-state index in [0.29, 0.717) is 5.41 Å². The number of ether oxygens (including phenoxy) is 1. The fraction of sp³-hybridized carbons (Fsp3) is 1.00. The normalized spacial score (nSPS) is 19.3. The minimum Gasteiger partial charge on any atom is -0.395 e. The van der Waals surface area contributed by atoms with Crippen molar-refractivity contribution in [2.45, 2.75) is 33.1 Å². The molecule has 1 aliphatic heterocycles. The Morgan fingerprint density at radius 2 is 2.00 bits per heavy atom. The molecule has 0 radical (unpaired) electrons. The molecular weight excluding hydrogens is 228 g/mol. The Morgan fingerprint density at radius 1 is 1.28 bits per heavy atom. The highest BCUT2D eigenvalue weighted by Crippen LogP contribution is 2.30. The largest absolute Gasteiger partial charge is 0.395 e. The molecule has 0 aromatic heterocycles. The average Bonchev–Trinajstić information content (AvgIpc) is 2.40. The van der Waals surface area contributed by atoms with Crippen LogP contribution in [0.15, 0.2) is 0 Å². The zero-order chi connectivity index (χ0) is 13.3. The number of rotatable bonds is 9. The Kier molecular flexibility index (Phi) is 7.82. The number of aliphatic hydroxyl groups excluding tert-OH is 1. The monoisotopic (exact) mass is 258 g/mol. The van der Waals surface area contributed by atoms with Crippen molar-refractivity contribution in [1.82, 2.24) is 10.2 Å². The van der Waals surface area contributed by atoms with Crippen molar-refractivity contribution in [3.05, 3.63) is 0 Å². The molecule has 0 spiro atoms. The van der Waals surface area contributed by atoms with Gasteiger partial charge >= 0.3 is 0 Å². The molecule has 1 aliphatic rings. The molecule has 0 saturated carbocycles. The first-order chi connectivity index (χ1) is 8.76. The molecule has 1 fully saturated rings.